The number of benzene rings is 1. The summed E-state index contributed by atoms with van der Waals surface area (Å²) in [5.74, 6) is -0.203. The molecule has 5 nitrogen and oxygen atoms in total. The van der Waals surface area contributed by atoms with Gasteiger partial charge < -0.3 is 5.32 Å². The standard InChI is InChI=1S/C19H28N2O3S/c1-15-7-8-17(20-16(2)22)13-18(15)25(23,24)21-12-11-19(14-21)9-5-3-4-6-10-19/h7-8,13H,3-6,9-12,14H2,1-2H3,(H,20,22). The number of nitrogens with one attached hydrogen (secondary N) is 1. The molecule has 138 valence electrons. The number of aryl methyl sites for hydroxylation is 1. The Hall–Kier alpha value is -1.40. The lowest BCUT2D eigenvalue weighted by atomic mass is 9.80. The van der Waals surface area contributed by atoms with Crippen LogP contribution in [0.15, 0.2) is 23.1 Å². The molecule has 1 heterocycles. The molecule has 0 bridgehead atoms. The van der Waals surface area contributed by atoms with Crippen LogP contribution in [0.1, 0.15) is 57.4 Å². The first kappa shape index (κ1) is 18.4. The van der Waals surface area contributed by atoms with Crippen molar-refractivity contribution < 1.29 is 13.2 Å². The lowest BCUT2D eigenvalue weighted by Crippen LogP contribution is -2.32. The van der Waals surface area contributed by atoms with Crippen molar-refractivity contribution in [2.75, 3.05) is 18.4 Å². The van der Waals surface area contributed by atoms with Gasteiger partial charge in [-0.1, -0.05) is 31.7 Å². The number of hydrogen-bond acceptors (Lipinski definition) is 3. The van der Waals surface area contributed by atoms with E-state index in [1.165, 1.54) is 32.6 Å². The first-order chi connectivity index (χ1) is 11.8. The Balaban J connectivity index is 1.86. The highest BCUT2D eigenvalue weighted by atomic mass is 32.2. The van der Waals surface area contributed by atoms with Crippen LogP contribution in [0, 0.1) is 12.3 Å². The summed E-state index contributed by atoms with van der Waals surface area (Å²) in [7, 11) is -3.53. The highest BCUT2D eigenvalue weighted by molar-refractivity contribution is 7.89. The van der Waals surface area contributed by atoms with E-state index in [9.17, 15) is 13.2 Å². The summed E-state index contributed by atoms with van der Waals surface area (Å²) in [6, 6.07) is 5.09. The van der Waals surface area contributed by atoms with Crippen LogP contribution in [-0.4, -0.2) is 31.7 Å². The van der Waals surface area contributed by atoms with Crippen LogP contribution >= 0.6 is 0 Å². The van der Waals surface area contributed by atoms with Gasteiger partial charge in [0.1, 0.15) is 0 Å². The summed E-state index contributed by atoms with van der Waals surface area (Å²) in [5, 5.41) is 2.68. The van der Waals surface area contributed by atoms with Crippen molar-refractivity contribution in [1.82, 2.24) is 4.31 Å². The quantitative estimate of drug-likeness (QED) is 0.889. The molecule has 1 saturated heterocycles. The van der Waals surface area contributed by atoms with Gasteiger partial charge >= 0.3 is 0 Å². The van der Waals surface area contributed by atoms with Crippen molar-refractivity contribution in [3.05, 3.63) is 23.8 Å². The summed E-state index contributed by atoms with van der Waals surface area (Å²) in [4.78, 5) is 11.6. The van der Waals surface area contributed by atoms with E-state index in [0.29, 0.717) is 23.7 Å². The molecule has 0 atom stereocenters. The lowest BCUT2D eigenvalue weighted by molar-refractivity contribution is -0.114. The number of nitrogens with zero attached hydrogens (tertiary/aromatic N) is 1. The third-order valence-corrected chi connectivity index (χ3v) is 7.68. The molecule has 1 amide bonds. The highest BCUT2D eigenvalue weighted by Gasteiger charge is 2.43. The molecular weight excluding hydrogens is 336 g/mol. The van der Waals surface area contributed by atoms with Gasteiger partial charge in [-0.25, -0.2) is 8.42 Å². The van der Waals surface area contributed by atoms with E-state index in [1.54, 1.807) is 22.5 Å². The molecule has 1 aromatic carbocycles. The van der Waals surface area contributed by atoms with Gasteiger partial charge in [-0.15, -0.1) is 0 Å². The topological polar surface area (TPSA) is 66.5 Å². The fourth-order valence-corrected chi connectivity index (χ4v) is 6.09. The maximum Gasteiger partial charge on any atom is 0.243 e. The maximum absolute atomic E-state index is 13.2. The lowest BCUT2D eigenvalue weighted by Gasteiger charge is -2.28. The first-order valence-corrected chi connectivity index (χ1v) is 10.6. The minimum Gasteiger partial charge on any atom is -0.326 e. The molecule has 3 rings (SSSR count). The summed E-state index contributed by atoms with van der Waals surface area (Å²) in [6.07, 6.45) is 8.22. The third-order valence-electron chi connectivity index (χ3n) is 5.69. The van der Waals surface area contributed by atoms with Crippen molar-refractivity contribution in [2.45, 2.75) is 63.7 Å². The van der Waals surface area contributed by atoms with Crippen LogP contribution < -0.4 is 5.32 Å². The average Bonchev–Trinajstić information content (AvgIpc) is 2.83. The van der Waals surface area contributed by atoms with Crippen molar-refractivity contribution in [3.63, 3.8) is 0 Å². The minimum atomic E-state index is -3.53. The van der Waals surface area contributed by atoms with Gasteiger partial charge in [-0.2, -0.15) is 4.31 Å². The first-order valence-electron chi connectivity index (χ1n) is 9.21. The molecule has 6 heteroatoms. The van der Waals surface area contributed by atoms with Gasteiger partial charge in [-0.3, -0.25) is 4.79 Å². The number of rotatable bonds is 3. The fraction of sp³-hybridized carbons (Fsp3) is 0.632. The van der Waals surface area contributed by atoms with Gasteiger partial charge in [0, 0.05) is 25.7 Å². The molecule has 2 fully saturated rings. The molecule has 1 saturated carbocycles. The van der Waals surface area contributed by atoms with E-state index in [2.05, 4.69) is 5.32 Å². The fourth-order valence-electron chi connectivity index (χ4n) is 4.28. The highest BCUT2D eigenvalue weighted by Crippen LogP contribution is 2.44. The Morgan fingerprint density at radius 3 is 2.44 bits per heavy atom. The van der Waals surface area contributed by atoms with Crippen LogP contribution in [0.25, 0.3) is 0 Å². The van der Waals surface area contributed by atoms with Crippen molar-refractivity contribution in [1.29, 1.82) is 0 Å². The zero-order valence-corrected chi connectivity index (χ0v) is 16.0. The summed E-state index contributed by atoms with van der Waals surface area (Å²) in [5.41, 5.74) is 1.42. The van der Waals surface area contributed by atoms with Gasteiger partial charge in [-0.05, 0) is 49.3 Å². The Labute approximate surface area is 150 Å². The number of sulfonamides is 1. The number of carbonyl (C=O) groups is 1. The molecule has 1 aliphatic heterocycles. The minimum absolute atomic E-state index is 0.173. The third kappa shape index (κ3) is 3.90. The molecule has 0 aromatic heterocycles. The number of carbonyl (C=O) groups excluding carboxylic acids is 1. The zero-order valence-electron chi connectivity index (χ0n) is 15.2. The summed E-state index contributed by atoms with van der Waals surface area (Å²) < 4.78 is 28.1. The largest absolute Gasteiger partial charge is 0.326 e. The van der Waals surface area contributed by atoms with Crippen LogP contribution in [0.5, 0.6) is 0 Å². The molecular formula is C19H28N2O3S. The Morgan fingerprint density at radius 1 is 1.12 bits per heavy atom. The van der Waals surface area contributed by atoms with Crippen molar-refractivity contribution >= 4 is 21.6 Å². The van der Waals surface area contributed by atoms with Crippen molar-refractivity contribution in [2.24, 2.45) is 5.41 Å². The molecule has 1 aromatic rings. The summed E-state index contributed by atoms with van der Waals surface area (Å²) >= 11 is 0. The van der Waals surface area contributed by atoms with Gasteiger partial charge in [0.15, 0.2) is 0 Å². The van der Waals surface area contributed by atoms with E-state index in [-0.39, 0.29) is 11.3 Å². The normalized spacial score (nSPS) is 21.2. The van der Waals surface area contributed by atoms with Crippen LogP contribution in [0.2, 0.25) is 0 Å². The molecule has 25 heavy (non-hydrogen) atoms. The van der Waals surface area contributed by atoms with Crippen LogP contribution in [-0.2, 0) is 14.8 Å². The molecule has 2 aliphatic rings. The number of anilines is 1. The smallest absolute Gasteiger partial charge is 0.243 e. The van der Waals surface area contributed by atoms with E-state index >= 15 is 0 Å². The predicted molar refractivity (Wildman–Crippen MR) is 99.0 cm³/mol. The van der Waals surface area contributed by atoms with Crippen LogP contribution in [0.4, 0.5) is 5.69 Å². The van der Waals surface area contributed by atoms with E-state index in [4.69, 9.17) is 0 Å². The van der Waals surface area contributed by atoms with Gasteiger partial charge in [0.05, 0.1) is 4.90 Å². The maximum atomic E-state index is 13.2. The molecule has 0 radical (unpaired) electrons. The average molecular weight is 365 g/mol. The number of amides is 1. The monoisotopic (exact) mass is 364 g/mol. The Kier molecular flexibility index (Phi) is 5.21. The zero-order chi connectivity index (χ0) is 18.1. The SMILES string of the molecule is CC(=O)Nc1ccc(C)c(S(=O)(=O)N2CCC3(CCCCCC3)C2)c1. The molecule has 1 N–H and O–H groups in total. The second-order valence-electron chi connectivity index (χ2n) is 7.66. The Morgan fingerprint density at radius 2 is 1.80 bits per heavy atom. The molecule has 0 unspecified atom stereocenters. The second-order valence-corrected chi connectivity index (χ2v) is 9.57. The predicted octanol–water partition coefficient (Wildman–Crippen LogP) is 3.69. The van der Waals surface area contributed by atoms with Crippen LogP contribution in [0.3, 0.4) is 0 Å². The summed E-state index contributed by atoms with van der Waals surface area (Å²) in [6.45, 7) is 4.47. The Bertz CT molecular complexity index is 750. The molecule has 1 aliphatic carbocycles. The number of hydrogen-bond donors (Lipinski definition) is 1. The van der Waals surface area contributed by atoms with E-state index in [1.807, 2.05) is 6.92 Å². The van der Waals surface area contributed by atoms with Crippen molar-refractivity contribution in [3.8, 4) is 0 Å². The van der Waals surface area contributed by atoms with E-state index in [0.717, 1.165) is 24.8 Å². The van der Waals surface area contributed by atoms with Gasteiger partial charge in [0.25, 0.3) is 0 Å². The molecule has 1 spiro atoms. The van der Waals surface area contributed by atoms with E-state index < -0.39 is 10.0 Å². The van der Waals surface area contributed by atoms with Gasteiger partial charge in [0.2, 0.25) is 15.9 Å². The second kappa shape index (κ2) is 7.08.